The standard InChI is InChI=1S/C16H18N2O2/c1-4-12-5-6-15(20-3)14(10-12)16(19)18-13-7-8-17-11(2)9-13/h5-10H,4H2,1-3H3,(H,17,18,19). The van der Waals surface area contributed by atoms with E-state index < -0.39 is 0 Å². The van der Waals surface area contributed by atoms with Crippen molar-refractivity contribution in [3.8, 4) is 5.75 Å². The number of carbonyl (C=O) groups excluding carboxylic acids is 1. The second-order valence-electron chi connectivity index (χ2n) is 4.53. The first kappa shape index (κ1) is 14.1. The molecule has 0 saturated carbocycles. The van der Waals surface area contributed by atoms with E-state index in [-0.39, 0.29) is 5.91 Å². The average Bonchev–Trinajstić information content (AvgIpc) is 2.46. The summed E-state index contributed by atoms with van der Waals surface area (Å²) < 4.78 is 5.25. The molecule has 0 radical (unpaired) electrons. The highest BCUT2D eigenvalue weighted by atomic mass is 16.5. The summed E-state index contributed by atoms with van der Waals surface area (Å²) >= 11 is 0. The number of pyridine rings is 1. The van der Waals surface area contributed by atoms with Crippen molar-refractivity contribution in [3.63, 3.8) is 0 Å². The molecular formula is C16H18N2O2. The Hall–Kier alpha value is -2.36. The summed E-state index contributed by atoms with van der Waals surface area (Å²) in [6.45, 7) is 3.93. The molecule has 1 amide bonds. The molecular weight excluding hydrogens is 252 g/mol. The van der Waals surface area contributed by atoms with Gasteiger partial charge in [0, 0.05) is 17.6 Å². The average molecular weight is 270 g/mol. The van der Waals surface area contributed by atoms with Crippen LogP contribution in [0.1, 0.15) is 28.5 Å². The molecule has 4 nitrogen and oxygen atoms in total. The van der Waals surface area contributed by atoms with E-state index in [1.165, 1.54) is 0 Å². The zero-order valence-corrected chi connectivity index (χ0v) is 11.9. The minimum Gasteiger partial charge on any atom is -0.496 e. The first-order valence-electron chi connectivity index (χ1n) is 6.55. The fraction of sp³-hybridized carbons (Fsp3) is 0.250. The lowest BCUT2D eigenvalue weighted by Crippen LogP contribution is -2.13. The zero-order chi connectivity index (χ0) is 14.5. The Kier molecular flexibility index (Phi) is 4.35. The van der Waals surface area contributed by atoms with Crippen molar-refractivity contribution in [2.45, 2.75) is 20.3 Å². The van der Waals surface area contributed by atoms with Crippen molar-refractivity contribution < 1.29 is 9.53 Å². The van der Waals surface area contributed by atoms with Gasteiger partial charge in [-0.05, 0) is 43.2 Å². The third-order valence-electron chi connectivity index (χ3n) is 3.07. The number of nitrogens with one attached hydrogen (secondary N) is 1. The van der Waals surface area contributed by atoms with E-state index in [4.69, 9.17) is 4.74 Å². The van der Waals surface area contributed by atoms with E-state index in [0.29, 0.717) is 11.3 Å². The number of ether oxygens (including phenoxy) is 1. The van der Waals surface area contributed by atoms with E-state index in [9.17, 15) is 4.79 Å². The van der Waals surface area contributed by atoms with Crippen molar-refractivity contribution in [1.82, 2.24) is 4.98 Å². The van der Waals surface area contributed by atoms with Crippen molar-refractivity contribution in [2.24, 2.45) is 0 Å². The van der Waals surface area contributed by atoms with E-state index in [2.05, 4.69) is 17.2 Å². The lowest BCUT2D eigenvalue weighted by atomic mass is 10.1. The maximum atomic E-state index is 12.4. The van der Waals surface area contributed by atoms with Gasteiger partial charge in [0.15, 0.2) is 0 Å². The number of amides is 1. The van der Waals surface area contributed by atoms with Crippen LogP contribution in [0.2, 0.25) is 0 Å². The van der Waals surface area contributed by atoms with Crippen LogP contribution < -0.4 is 10.1 Å². The van der Waals surface area contributed by atoms with Gasteiger partial charge in [0.2, 0.25) is 0 Å². The predicted octanol–water partition coefficient (Wildman–Crippen LogP) is 3.21. The first-order valence-corrected chi connectivity index (χ1v) is 6.55. The van der Waals surface area contributed by atoms with Crippen LogP contribution in [-0.4, -0.2) is 18.0 Å². The number of aromatic nitrogens is 1. The van der Waals surface area contributed by atoms with Crippen LogP contribution in [0, 0.1) is 6.92 Å². The number of hydrogen-bond donors (Lipinski definition) is 1. The number of rotatable bonds is 4. The van der Waals surface area contributed by atoms with Crippen molar-refractivity contribution >= 4 is 11.6 Å². The summed E-state index contributed by atoms with van der Waals surface area (Å²) in [5.41, 5.74) is 3.23. The molecule has 1 N–H and O–H groups in total. The molecule has 0 spiro atoms. The second-order valence-corrected chi connectivity index (χ2v) is 4.53. The maximum Gasteiger partial charge on any atom is 0.259 e. The number of anilines is 1. The molecule has 20 heavy (non-hydrogen) atoms. The van der Waals surface area contributed by atoms with Crippen molar-refractivity contribution in [3.05, 3.63) is 53.3 Å². The summed E-state index contributed by atoms with van der Waals surface area (Å²) in [6.07, 6.45) is 2.54. The van der Waals surface area contributed by atoms with Crippen LogP contribution in [0.4, 0.5) is 5.69 Å². The SMILES string of the molecule is CCc1ccc(OC)c(C(=O)Nc2ccnc(C)c2)c1. The molecule has 1 heterocycles. The number of nitrogens with zero attached hydrogens (tertiary/aromatic N) is 1. The molecule has 1 aromatic carbocycles. The normalized spacial score (nSPS) is 10.2. The first-order chi connectivity index (χ1) is 9.63. The van der Waals surface area contributed by atoms with Crippen LogP contribution in [0.15, 0.2) is 36.5 Å². The van der Waals surface area contributed by atoms with Gasteiger partial charge < -0.3 is 10.1 Å². The smallest absolute Gasteiger partial charge is 0.259 e. The van der Waals surface area contributed by atoms with Gasteiger partial charge in [0.1, 0.15) is 5.75 Å². The molecule has 0 aliphatic carbocycles. The van der Waals surface area contributed by atoms with Crippen LogP contribution in [0.25, 0.3) is 0 Å². The molecule has 0 saturated heterocycles. The Bertz CT molecular complexity index is 624. The van der Waals surface area contributed by atoms with Gasteiger partial charge in [-0.2, -0.15) is 0 Å². The molecule has 2 rings (SSSR count). The number of hydrogen-bond acceptors (Lipinski definition) is 3. The van der Waals surface area contributed by atoms with E-state index in [1.807, 2.05) is 31.2 Å². The Morgan fingerprint density at radius 1 is 1.30 bits per heavy atom. The molecule has 104 valence electrons. The Morgan fingerprint density at radius 2 is 2.10 bits per heavy atom. The van der Waals surface area contributed by atoms with Crippen molar-refractivity contribution in [1.29, 1.82) is 0 Å². The molecule has 2 aromatic rings. The summed E-state index contributed by atoms with van der Waals surface area (Å²) in [5.74, 6) is 0.397. The van der Waals surface area contributed by atoms with Gasteiger partial charge in [-0.15, -0.1) is 0 Å². The maximum absolute atomic E-state index is 12.4. The highest BCUT2D eigenvalue weighted by Gasteiger charge is 2.13. The van der Waals surface area contributed by atoms with Gasteiger partial charge in [-0.3, -0.25) is 9.78 Å². The molecule has 0 aliphatic heterocycles. The van der Waals surface area contributed by atoms with Gasteiger partial charge in [-0.25, -0.2) is 0 Å². The third kappa shape index (κ3) is 3.15. The number of carbonyl (C=O) groups is 1. The van der Waals surface area contributed by atoms with Gasteiger partial charge in [0.05, 0.1) is 12.7 Å². The molecule has 0 atom stereocenters. The van der Waals surface area contributed by atoms with Crippen LogP contribution >= 0.6 is 0 Å². The molecule has 0 fully saturated rings. The van der Waals surface area contributed by atoms with Crippen LogP contribution in [-0.2, 0) is 6.42 Å². The third-order valence-corrected chi connectivity index (χ3v) is 3.07. The van der Waals surface area contributed by atoms with E-state index in [1.54, 1.807) is 19.4 Å². The Balaban J connectivity index is 2.28. The van der Waals surface area contributed by atoms with Gasteiger partial charge >= 0.3 is 0 Å². The van der Waals surface area contributed by atoms with E-state index >= 15 is 0 Å². The summed E-state index contributed by atoms with van der Waals surface area (Å²) in [5, 5.41) is 2.87. The minimum atomic E-state index is -0.178. The fourth-order valence-electron chi connectivity index (χ4n) is 1.97. The van der Waals surface area contributed by atoms with E-state index in [0.717, 1.165) is 23.4 Å². The molecule has 0 bridgehead atoms. The molecule has 1 aromatic heterocycles. The topological polar surface area (TPSA) is 51.2 Å². The van der Waals surface area contributed by atoms with Crippen LogP contribution in [0.3, 0.4) is 0 Å². The summed E-state index contributed by atoms with van der Waals surface area (Å²) in [7, 11) is 1.56. The minimum absolute atomic E-state index is 0.178. The fourth-order valence-corrected chi connectivity index (χ4v) is 1.97. The summed E-state index contributed by atoms with van der Waals surface area (Å²) in [4.78, 5) is 16.5. The molecule has 0 aliphatic rings. The Morgan fingerprint density at radius 3 is 2.75 bits per heavy atom. The predicted molar refractivity (Wildman–Crippen MR) is 79.3 cm³/mol. The number of aryl methyl sites for hydroxylation is 2. The quantitative estimate of drug-likeness (QED) is 0.928. The zero-order valence-electron chi connectivity index (χ0n) is 11.9. The molecule has 4 heteroatoms. The lowest BCUT2D eigenvalue weighted by molar-refractivity contribution is 0.102. The highest BCUT2D eigenvalue weighted by molar-refractivity contribution is 6.06. The number of benzene rings is 1. The van der Waals surface area contributed by atoms with Gasteiger partial charge in [-0.1, -0.05) is 13.0 Å². The van der Waals surface area contributed by atoms with Gasteiger partial charge in [0.25, 0.3) is 5.91 Å². The lowest BCUT2D eigenvalue weighted by Gasteiger charge is -2.11. The Labute approximate surface area is 118 Å². The van der Waals surface area contributed by atoms with Crippen molar-refractivity contribution in [2.75, 3.05) is 12.4 Å². The highest BCUT2D eigenvalue weighted by Crippen LogP contribution is 2.21. The largest absolute Gasteiger partial charge is 0.496 e. The monoisotopic (exact) mass is 270 g/mol. The molecule has 0 unspecified atom stereocenters. The summed E-state index contributed by atoms with van der Waals surface area (Å²) in [6, 6.07) is 9.25. The second kappa shape index (κ2) is 6.19. The van der Waals surface area contributed by atoms with Crippen LogP contribution in [0.5, 0.6) is 5.75 Å². The number of methoxy groups -OCH3 is 1.